The summed E-state index contributed by atoms with van der Waals surface area (Å²) in [6.07, 6.45) is 0. The van der Waals surface area contributed by atoms with Crippen LogP contribution >= 0.6 is 0 Å². The van der Waals surface area contributed by atoms with E-state index in [2.05, 4.69) is 0 Å². The van der Waals surface area contributed by atoms with Gasteiger partial charge < -0.3 is 4.74 Å². The van der Waals surface area contributed by atoms with Crippen molar-refractivity contribution in [2.75, 3.05) is 6.61 Å². The summed E-state index contributed by atoms with van der Waals surface area (Å²) in [6, 6.07) is 10.4. The predicted octanol–water partition coefficient (Wildman–Crippen LogP) is 4.03. The summed E-state index contributed by atoms with van der Waals surface area (Å²) < 4.78 is 31.7. The highest BCUT2D eigenvalue weighted by Crippen LogP contribution is 2.26. The van der Waals surface area contributed by atoms with Gasteiger partial charge in [0.1, 0.15) is 17.4 Å². The SMILES string of the molecule is CCOc1cc(F)cc(-c2cccc(F)c2)c1. The molecule has 2 aromatic carbocycles. The van der Waals surface area contributed by atoms with Gasteiger partial charge in [-0.1, -0.05) is 12.1 Å². The highest BCUT2D eigenvalue weighted by molar-refractivity contribution is 5.65. The Labute approximate surface area is 98.7 Å². The molecule has 2 aromatic rings. The van der Waals surface area contributed by atoms with Gasteiger partial charge in [0.15, 0.2) is 0 Å². The van der Waals surface area contributed by atoms with E-state index in [1.165, 1.54) is 24.3 Å². The average Bonchev–Trinajstić information content (AvgIpc) is 2.28. The van der Waals surface area contributed by atoms with Crippen molar-refractivity contribution in [2.45, 2.75) is 6.92 Å². The maximum Gasteiger partial charge on any atom is 0.127 e. The van der Waals surface area contributed by atoms with Crippen LogP contribution in [0.2, 0.25) is 0 Å². The molecule has 17 heavy (non-hydrogen) atoms. The number of rotatable bonds is 3. The van der Waals surface area contributed by atoms with Gasteiger partial charge in [-0.05, 0) is 42.3 Å². The van der Waals surface area contributed by atoms with Gasteiger partial charge in [0, 0.05) is 6.07 Å². The first kappa shape index (κ1) is 11.6. The Hall–Kier alpha value is -1.90. The maximum atomic E-state index is 13.4. The third-order valence-electron chi connectivity index (χ3n) is 2.34. The minimum absolute atomic E-state index is 0.343. The van der Waals surface area contributed by atoms with E-state index in [0.29, 0.717) is 23.5 Å². The predicted molar refractivity (Wildman–Crippen MR) is 63.0 cm³/mol. The maximum absolute atomic E-state index is 13.4. The molecule has 0 N–H and O–H groups in total. The molecule has 0 aliphatic rings. The van der Waals surface area contributed by atoms with Crippen LogP contribution in [-0.2, 0) is 0 Å². The van der Waals surface area contributed by atoms with Crippen LogP contribution in [-0.4, -0.2) is 6.61 Å². The lowest BCUT2D eigenvalue weighted by atomic mass is 10.1. The van der Waals surface area contributed by atoms with Crippen molar-refractivity contribution >= 4 is 0 Å². The number of halogens is 2. The van der Waals surface area contributed by atoms with Crippen molar-refractivity contribution in [1.82, 2.24) is 0 Å². The Morgan fingerprint density at radius 2 is 1.71 bits per heavy atom. The number of benzene rings is 2. The molecule has 0 atom stereocenters. The second-order valence-electron chi connectivity index (χ2n) is 3.62. The number of hydrogen-bond donors (Lipinski definition) is 0. The van der Waals surface area contributed by atoms with Gasteiger partial charge in [0.2, 0.25) is 0 Å². The van der Waals surface area contributed by atoms with Crippen molar-refractivity contribution in [3.8, 4) is 16.9 Å². The summed E-state index contributed by atoms with van der Waals surface area (Å²) in [7, 11) is 0. The molecule has 0 amide bonds. The molecule has 88 valence electrons. The Balaban J connectivity index is 2.44. The van der Waals surface area contributed by atoms with Gasteiger partial charge in [-0.3, -0.25) is 0 Å². The van der Waals surface area contributed by atoms with Gasteiger partial charge in [-0.15, -0.1) is 0 Å². The molecule has 2 rings (SSSR count). The normalized spacial score (nSPS) is 10.3. The minimum Gasteiger partial charge on any atom is -0.494 e. The molecule has 3 heteroatoms. The first-order valence-corrected chi connectivity index (χ1v) is 5.38. The topological polar surface area (TPSA) is 9.23 Å². The molecule has 0 radical (unpaired) electrons. The largest absolute Gasteiger partial charge is 0.494 e. The van der Waals surface area contributed by atoms with Gasteiger partial charge in [0.05, 0.1) is 6.61 Å². The molecule has 0 saturated carbocycles. The Morgan fingerprint density at radius 1 is 0.941 bits per heavy atom. The molecular weight excluding hydrogens is 222 g/mol. The first-order chi connectivity index (χ1) is 8.19. The lowest BCUT2D eigenvalue weighted by molar-refractivity contribution is 0.338. The highest BCUT2D eigenvalue weighted by atomic mass is 19.1. The monoisotopic (exact) mass is 234 g/mol. The molecule has 0 heterocycles. The summed E-state index contributed by atoms with van der Waals surface area (Å²) in [4.78, 5) is 0. The zero-order chi connectivity index (χ0) is 12.3. The number of ether oxygens (including phenoxy) is 1. The van der Waals surface area contributed by atoms with Gasteiger partial charge in [-0.25, -0.2) is 8.78 Å². The van der Waals surface area contributed by atoms with E-state index in [4.69, 9.17) is 4.74 Å². The van der Waals surface area contributed by atoms with Crippen LogP contribution in [0.4, 0.5) is 8.78 Å². The Morgan fingerprint density at radius 3 is 2.41 bits per heavy atom. The fraction of sp³-hybridized carbons (Fsp3) is 0.143. The van der Waals surface area contributed by atoms with Crippen LogP contribution in [0.3, 0.4) is 0 Å². The molecule has 0 saturated heterocycles. The van der Waals surface area contributed by atoms with E-state index in [0.717, 1.165) is 0 Å². The number of hydrogen-bond acceptors (Lipinski definition) is 1. The Bertz CT molecular complexity index is 523. The van der Waals surface area contributed by atoms with Gasteiger partial charge >= 0.3 is 0 Å². The van der Waals surface area contributed by atoms with E-state index in [9.17, 15) is 8.78 Å². The van der Waals surface area contributed by atoms with Crippen LogP contribution in [0.1, 0.15) is 6.92 Å². The zero-order valence-corrected chi connectivity index (χ0v) is 9.41. The summed E-state index contributed by atoms with van der Waals surface area (Å²) in [5.74, 6) is -0.285. The van der Waals surface area contributed by atoms with E-state index in [1.54, 1.807) is 18.2 Å². The Kier molecular flexibility index (Phi) is 3.38. The molecule has 0 unspecified atom stereocenters. The summed E-state index contributed by atoms with van der Waals surface area (Å²) in [5.41, 5.74) is 1.23. The second kappa shape index (κ2) is 4.95. The summed E-state index contributed by atoms with van der Waals surface area (Å²) in [6.45, 7) is 2.29. The fourth-order valence-corrected chi connectivity index (χ4v) is 1.65. The van der Waals surface area contributed by atoms with Crippen molar-refractivity contribution < 1.29 is 13.5 Å². The molecule has 1 nitrogen and oxygen atoms in total. The van der Waals surface area contributed by atoms with Crippen LogP contribution in [0.15, 0.2) is 42.5 Å². The summed E-state index contributed by atoms with van der Waals surface area (Å²) >= 11 is 0. The molecular formula is C14H12F2O. The second-order valence-corrected chi connectivity index (χ2v) is 3.62. The first-order valence-electron chi connectivity index (χ1n) is 5.38. The smallest absolute Gasteiger partial charge is 0.127 e. The van der Waals surface area contributed by atoms with Crippen molar-refractivity contribution in [2.24, 2.45) is 0 Å². The third kappa shape index (κ3) is 2.81. The molecule has 0 aromatic heterocycles. The molecule has 0 bridgehead atoms. The van der Waals surface area contributed by atoms with Crippen LogP contribution in [0.25, 0.3) is 11.1 Å². The van der Waals surface area contributed by atoms with Crippen molar-refractivity contribution in [3.05, 3.63) is 54.1 Å². The molecule has 0 spiro atoms. The van der Waals surface area contributed by atoms with E-state index in [-0.39, 0.29) is 5.82 Å². The minimum atomic E-state index is -0.393. The third-order valence-corrected chi connectivity index (χ3v) is 2.34. The van der Waals surface area contributed by atoms with E-state index >= 15 is 0 Å². The van der Waals surface area contributed by atoms with E-state index < -0.39 is 5.82 Å². The average molecular weight is 234 g/mol. The fourth-order valence-electron chi connectivity index (χ4n) is 1.65. The van der Waals surface area contributed by atoms with Gasteiger partial charge in [0.25, 0.3) is 0 Å². The lowest BCUT2D eigenvalue weighted by Crippen LogP contribution is -1.93. The zero-order valence-electron chi connectivity index (χ0n) is 9.41. The van der Waals surface area contributed by atoms with Crippen molar-refractivity contribution in [1.29, 1.82) is 0 Å². The standard InChI is InChI=1S/C14H12F2O/c1-2-17-14-8-11(7-13(16)9-14)10-4-3-5-12(15)6-10/h3-9H,2H2,1H3. The van der Waals surface area contributed by atoms with Crippen LogP contribution in [0.5, 0.6) is 5.75 Å². The van der Waals surface area contributed by atoms with Crippen LogP contribution in [0, 0.1) is 11.6 Å². The quantitative estimate of drug-likeness (QED) is 0.779. The van der Waals surface area contributed by atoms with Crippen molar-refractivity contribution in [3.63, 3.8) is 0 Å². The van der Waals surface area contributed by atoms with Crippen LogP contribution < -0.4 is 4.74 Å². The highest BCUT2D eigenvalue weighted by Gasteiger charge is 2.04. The van der Waals surface area contributed by atoms with Gasteiger partial charge in [-0.2, -0.15) is 0 Å². The molecule has 0 fully saturated rings. The van der Waals surface area contributed by atoms with E-state index in [1.807, 2.05) is 6.92 Å². The summed E-state index contributed by atoms with van der Waals surface area (Å²) in [5, 5.41) is 0. The molecule has 0 aliphatic carbocycles. The molecule has 0 aliphatic heterocycles. The lowest BCUT2D eigenvalue weighted by Gasteiger charge is -2.07.